The van der Waals surface area contributed by atoms with E-state index in [0.717, 1.165) is 27.4 Å². The van der Waals surface area contributed by atoms with Crippen molar-refractivity contribution in [1.82, 2.24) is 9.97 Å². The molecule has 3 aromatic rings. The topological polar surface area (TPSA) is 67.1 Å². The maximum Gasteiger partial charge on any atom is 0.223 e. The van der Waals surface area contributed by atoms with Crippen molar-refractivity contribution in [3.8, 4) is 0 Å². The standard InChI is InChI=1S/C15H17N5S/c1-9-8-10-13(18-15(16)19-14(10)21-9)17-11-6-4-5-7-12(11)20(2)3/h4-8H,1-3H3,(H3,16,17,18,19). The lowest BCUT2D eigenvalue weighted by atomic mass is 10.2. The summed E-state index contributed by atoms with van der Waals surface area (Å²) in [6.45, 7) is 2.06. The summed E-state index contributed by atoms with van der Waals surface area (Å²) >= 11 is 1.62. The molecule has 0 saturated carbocycles. The zero-order chi connectivity index (χ0) is 15.0. The van der Waals surface area contributed by atoms with Crippen LogP contribution in [0.1, 0.15) is 4.88 Å². The van der Waals surface area contributed by atoms with Crippen molar-refractivity contribution in [1.29, 1.82) is 0 Å². The van der Waals surface area contributed by atoms with E-state index >= 15 is 0 Å². The number of fused-ring (bicyclic) bond motifs is 1. The fourth-order valence-electron chi connectivity index (χ4n) is 2.25. The molecule has 3 N–H and O–H groups in total. The molecule has 6 heteroatoms. The number of hydrogen-bond acceptors (Lipinski definition) is 6. The van der Waals surface area contributed by atoms with Gasteiger partial charge in [0.25, 0.3) is 0 Å². The van der Waals surface area contributed by atoms with Crippen molar-refractivity contribution < 1.29 is 0 Å². The van der Waals surface area contributed by atoms with Gasteiger partial charge < -0.3 is 16.0 Å². The zero-order valence-electron chi connectivity index (χ0n) is 12.2. The van der Waals surface area contributed by atoms with Crippen LogP contribution in [0, 0.1) is 6.92 Å². The predicted molar refractivity (Wildman–Crippen MR) is 90.6 cm³/mol. The van der Waals surface area contributed by atoms with E-state index in [4.69, 9.17) is 5.73 Å². The first-order valence-electron chi connectivity index (χ1n) is 6.61. The Kier molecular flexibility index (Phi) is 3.39. The number of nitrogens with one attached hydrogen (secondary N) is 1. The molecule has 0 atom stereocenters. The van der Waals surface area contributed by atoms with Crippen LogP contribution in [0.5, 0.6) is 0 Å². The van der Waals surface area contributed by atoms with E-state index in [-0.39, 0.29) is 5.95 Å². The van der Waals surface area contributed by atoms with Crippen molar-refractivity contribution in [2.24, 2.45) is 0 Å². The second-order valence-corrected chi connectivity index (χ2v) is 6.28. The van der Waals surface area contributed by atoms with Crippen LogP contribution in [0.25, 0.3) is 10.2 Å². The fraction of sp³-hybridized carbons (Fsp3) is 0.200. The van der Waals surface area contributed by atoms with E-state index in [2.05, 4.69) is 39.2 Å². The van der Waals surface area contributed by atoms with Gasteiger partial charge in [0, 0.05) is 19.0 Å². The quantitative estimate of drug-likeness (QED) is 0.776. The fourth-order valence-corrected chi connectivity index (χ4v) is 3.14. The second kappa shape index (κ2) is 5.21. The molecule has 0 bridgehead atoms. The van der Waals surface area contributed by atoms with Crippen LogP contribution in [-0.2, 0) is 0 Å². The van der Waals surface area contributed by atoms with Gasteiger partial charge in [-0.2, -0.15) is 4.98 Å². The molecular weight excluding hydrogens is 282 g/mol. The van der Waals surface area contributed by atoms with Gasteiger partial charge in [0.05, 0.1) is 16.8 Å². The highest BCUT2D eigenvalue weighted by molar-refractivity contribution is 7.18. The van der Waals surface area contributed by atoms with Crippen LogP contribution < -0.4 is 16.0 Å². The third kappa shape index (κ3) is 2.62. The van der Waals surface area contributed by atoms with Crippen molar-refractivity contribution in [2.45, 2.75) is 6.92 Å². The second-order valence-electron chi connectivity index (χ2n) is 5.04. The molecular formula is C15H17N5S. The van der Waals surface area contributed by atoms with E-state index in [9.17, 15) is 0 Å². The summed E-state index contributed by atoms with van der Waals surface area (Å²) in [5.41, 5.74) is 7.90. The molecule has 0 radical (unpaired) electrons. The van der Waals surface area contributed by atoms with E-state index in [0.29, 0.717) is 0 Å². The molecule has 5 nitrogen and oxygen atoms in total. The smallest absolute Gasteiger partial charge is 0.223 e. The van der Waals surface area contributed by atoms with Gasteiger partial charge in [-0.15, -0.1) is 11.3 Å². The number of benzene rings is 1. The zero-order valence-corrected chi connectivity index (χ0v) is 13.0. The van der Waals surface area contributed by atoms with Gasteiger partial charge in [-0.25, -0.2) is 4.98 Å². The molecule has 2 aromatic heterocycles. The minimum absolute atomic E-state index is 0.286. The summed E-state index contributed by atoms with van der Waals surface area (Å²) in [7, 11) is 4.03. The Hall–Kier alpha value is -2.34. The third-order valence-electron chi connectivity index (χ3n) is 3.17. The summed E-state index contributed by atoms with van der Waals surface area (Å²) in [6, 6.07) is 10.2. The molecule has 0 aliphatic carbocycles. The summed E-state index contributed by atoms with van der Waals surface area (Å²) < 4.78 is 0. The molecule has 0 saturated heterocycles. The molecule has 0 spiro atoms. The maximum absolute atomic E-state index is 5.82. The van der Waals surface area contributed by atoms with Crippen LogP contribution in [0.2, 0.25) is 0 Å². The molecule has 0 aliphatic heterocycles. The van der Waals surface area contributed by atoms with E-state index in [1.165, 1.54) is 4.88 Å². The van der Waals surface area contributed by atoms with E-state index < -0.39 is 0 Å². The third-order valence-corrected chi connectivity index (χ3v) is 4.12. The highest BCUT2D eigenvalue weighted by Gasteiger charge is 2.11. The summed E-state index contributed by atoms with van der Waals surface area (Å²) in [4.78, 5) is 12.8. The predicted octanol–water partition coefficient (Wildman–Crippen LogP) is 3.39. The van der Waals surface area contributed by atoms with Gasteiger partial charge in [0.1, 0.15) is 10.6 Å². The minimum Gasteiger partial charge on any atom is -0.376 e. The van der Waals surface area contributed by atoms with Gasteiger partial charge >= 0.3 is 0 Å². The number of nitrogen functional groups attached to an aromatic ring is 1. The number of thiophene rings is 1. The Morgan fingerprint density at radius 2 is 1.95 bits per heavy atom. The molecule has 0 fully saturated rings. The summed E-state index contributed by atoms with van der Waals surface area (Å²) in [5.74, 6) is 1.03. The van der Waals surface area contributed by atoms with Crippen molar-refractivity contribution in [2.75, 3.05) is 30.0 Å². The molecule has 1 aromatic carbocycles. The first kappa shape index (κ1) is 13.6. The molecule has 2 heterocycles. The lowest BCUT2D eigenvalue weighted by Crippen LogP contribution is -2.11. The maximum atomic E-state index is 5.82. The number of nitrogens with two attached hydrogens (primary N) is 1. The average Bonchev–Trinajstić information content (AvgIpc) is 2.79. The first-order chi connectivity index (χ1) is 10.0. The molecule has 0 unspecified atom stereocenters. The van der Waals surface area contributed by atoms with Gasteiger partial charge in [0.2, 0.25) is 5.95 Å². The summed E-state index contributed by atoms with van der Waals surface area (Å²) in [5, 5.41) is 4.39. The van der Waals surface area contributed by atoms with E-state index in [1.54, 1.807) is 11.3 Å². The van der Waals surface area contributed by atoms with Gasteiger partial charge in [-0.3, -0.25) is 0 Å². The van der Waals surface area contributed by atoms with Crippen molar-refractivity contribution >= 4 is 44.7 Å². The highest BCUT2D eigenvalue weighted by Crippen LogP contribution is 2.33. The lowest BCUT2D eigenvalue weighted by Gasteiger charge is -2.18. The van der Waals surface area contributed by atoms with Crippen molar-refractivity contribution in [3.63, 3.8) is 0 Å². The van der Waals surface area contributed by atoms with E-state index in [1.807, 2.05) is 32.3 Å². The Balaban J connectivity index is 2.10. The SMILES string of the molecule is Cc1cc2c(Nc3ccccc3N(C)C)nc(N)nc2s1. The number of anilines is 4. The highest BCUT2D eigenvalue weighted by atomic mass is 32.1. The number of para-hydroxylation sites is 2. The van der Waals surface area contributed by atoms with Gasteiger partial charge in [0.15, 0.2) is 0 Å². The van der Waals surface area contributed by atoms with Crippen LogP contribution in [0.15, 0.2) is 30.3 Å². The average molecular weight is 299 g/mol. The normalized spacial score (nSPS) is 10.8. The first-order valence-corrected chi connectivity index (χ1v) is 7.43. The van der Waals surface area contributed by atoms with Crippen LogP contribution >= 0.6 is 11.3 Å². The Morgan fingerprint density at radius 1 is 1.19 bits per heavy atom. The number of nitrogens with zero attached hydrogens (tertiary/aromatic N) is 3. The molecule has 21 heavy (non-hydrogen) atoms. The molecule has 0 amide bonds. The van der Waals surface area contributed by atoms with Crippen LogP contribution in [-0.4, -0.2) is 24.1 Å². The molecule has 0 aliphatic rings. The number of rotatable bonds is 3. The number of hydrogen-bond donors (Lipinski definition) is 2. The molecule has 108 valence electrons. The lowest BCUT2D eigenvalue weighted by molar-refractivity contribution is 1.13. The van der Waals surface area contributed by atoms with Crippen LogP contribution in [0.4, 0.5) is 23.1 Å². The van der Waals surface area contributed by atoms with Gasteiger partial charge in [-0.1, -0.05) is 12.1 Å². The monoisotopic (exact) mass is 299 g/mol. The Bertz CT molecular complexity index is 794. The number of aromatic nitrogens is 2. The Labute approximate surface area is 127 Å². The van der Waals surface area contributed by atoms with Crippen LogP contribution in [0.3, 0.4) is 0 Å². The molecule has 3 rings (SSSR count). The van der Waals surface area contributed by atoms with Gasteiger partial charge in [-0.05, 0) is 25.1 Å². The number of aryl methyl sites for hydroxylation is 1. The summed E-state index contributed by atoms with van der Waals surface area (Å²) in [6.07, 6.45) is 0. The van der Waals surface area contributed by atoms with Crippen molar-refractivity contribution in [3.05, 3.63) is 35.2 Å². The Morgan fingerprint density at radius 3 is 2.71 bits per heavy atom. The minimum atomic E-state index is 0.286. The largest absolute Gasteiger partial charge is 0.376 e.